The van der Waals surface area contributed by atoms with Crippen molar-refractivity contribution < 1.29 is 19.4 Å². The molecule has 1 amide bonds. The zero-order valence-electron chi connectivity index (χ0n) is 16.8. The molecule has 3 rings (SSSR count). The van der Waals surface area contributed by atoms with Crippen LogP contribution >= 0.6 is 0 Å². The average molecular weight is 379 g/mol. The first-order valence-electron chi connectivity index (χ1n) is 9.17. The Bertz CT molecular complexity index is 1030. The molecule has 28 heavy (non-hydrogen) atoms. The Morgan fingerprint density at radius 2 is 1.50 bits per heavy atom. The Morgan fingerprint density at radius 3 is 2.11 bits per heavy atom. The van der Waals surface area contributed by atoms with Crippen LogP contribution in [0.4, 0.5) is 5.69 Å². The first-order valence-corrected chi connectivity index (χ1v) is 9.17. The highest BCUT2D eigenvalue weighted by atomic mass is 16.3. The zero-order valence-corrected chi connectivity index (χ0v) is 16.8. The summed E-state index contributed by atoms with van der Waals surface area (Å²) in [6.45, 7) is 10.6. The van der Waals surface area contributed by atoms with Crippen molar-refractivity contribution in [3.8, 4) is 11.5 Å². The SMILES string of the molecule is Cc1c(C)c(C)c(Cc2ccc(C(=O)Nc3ccc(O)cc3O)o2)c(C)c1C. The summed E-state index contributed by atoms with van der Waals surface area (Å²) in [5.74, 6) is 0.117. The minimum absolute atomic E-state index is 0.0785. The van der Waals surface area contributed by atoms with Crippen LogP contribution in [-0.4, -0.2) is 16.1 Å². The molecule has 5 heteroatoms. The largest absolute Gasteiger partial charge is 0.508 e. The smallest absolute Gasteiger partial charge is 0.291 e. The van der Waals surface area contributed by atoms with Crippen LogP contribution in [0.3, 0.4) is 0 Å². The summed E-state index contributed by atoms with van der Waals surface area (Å²) in [6, 6.07) is 7.40. The molecule has 1 heterocycles. The molecule has 5 nitrogen and oxygen atoms in total. The molecule has 3 N–H and O–H groups in total. The highest BCUT2D eigenvalue weighted by Gasteiger charge is 2.17. The summed E-state index contributed by atoms with van der Waals surface area (Å²) in [5.41, 5.74) is 7.80. The lowest BCUT2D eigenvalue weighted by Gasteiger charge is -2.18. The van der Waals surface area contributed by atoms with Gasteiger partial charge in [0.05, 0.1) is 5.69 Å². The molecule has 0 bridgehead atoms. The highest BCUT2D eigenvalue weighted by molar-refractivity contribution is 6.03. The van der Waals surface area contributed by atoms with Crippen molar-refractivity contribution in [2.24, 2.45) is 0 Å². The van der Waals surface area contributed by atoms with Crippen molar-refractivity contribution in [3.63, 3.8) is 0 Å². The number of amides is 1. The van der Waals surface area contributed by atoms with E-state index in [-0.39, 0.29) is 22.9 Å². The summed E-state index contributed by atoms with van der Waals surface area (Å²) in [5, 5.41) is 21.7. The van der Waals surface area contributed by atoms with E-state index in [1.165, 1.54) is 45.5 Å². The quantitative estimate of drug-likeness (QED) is 0.436. The van der Waals surface area contributed by atoms with E-state index in [1.807, 2.05) is 0 Å². The third-order valence-electron chi connectivity index (χ3n) is 5.62. The molecule has 0 saturated heterocycles. The number of anilines is 1. The predicted octanol–water partition coefficient (Wildman–Crippen LogP) is 5.08. The number of phenols is 2. The van der Waals surface area contributed by atoms with Crippen molar-refractivity contribution >= 4 is 11.6 Å². The molecule has 0 atom stereocenters. The molecular weight excluding hydrogens is 354 g/mol. The van der Waals surface area contributed by atoms with Crippen LogP contribution in [0.15, 0.2) is 34.7 Å². The molecule has 0 aliphatic rings. The Hall–Kier alpha value is -3.21. The number of phenolic OH excluding ortho intramolecular Hbond substituents is 2. The molecule has 0 aliphatic heterocycles. The van der Waals surface area contributed by atoms with Crippen LogP contribution < -0.4 is 5.32 Å². The van der Waals surface area contributed by atoms with E-state index in [1.54, 1.807) is 12.1 Å². The molecule has 2 aromatic carbocycles. The fraction of sp³-hybridized carbons (Fsp3) is 0.261. The number of carbonyl (C=O) groups excluding carboxylic acids is 1. The molecule has 0 fully saturated rings. The van der Waals surface area contributed by atoms with Crippen molar-refractivity contribution in [3.05, 3.63) is 75.2 Å². The van der Waals surface area contributed by atoms with Gasteiger partial charge in [-0.1, -0.05) is 0 Å². The van der Waals surface area contributed by atoms with E-state index in [0.717, 1.165) is 6.07 Å². The molecule has 0 spiro atoms. The van der Waals surface area contributed by atoms with Crippen LogP contribution in [0.25, 0.3) is 0 Å². The van der Waals surface area contributed by atoms with Crippen LogP contribution in [-0.2, 0) is 6.42 Å². The standard InChI is InChI=1S/C23H25NO4/c1-12-13(2)15(4)19(16(5)14(12)3)11-18-7-9-22(28-18)23(27)24-20-8-6-17(25)10-21(20)26/h6-10,25-26H,11H2,1-5H3,(H,24,27). The first kappa shape index (κ1) is 19.5. The summed E-state index contributed by atoms with van der Waals surface area (Å²) in [6.07, 6.45) is 0.608. The molecule has 146 valence electrons. The number of benzene rings is 2. The second kappa shape index (κ2) is 7.43. The average Bonchev–Trinajstić information content (AvgIpc) is 3.13. The zero-order chi connectivity index (χ0) is 20.6. The molecule has 0 saturated carbocycles. The topological polar surface area (TPSA) is 82.7 Å². The third kappa shape index (κ3) is 3.60. The summed E-state index contributed by atoms with van der Waals surface area (Å²) in [4.78, 5) is 12.4. The molecule has 0 aliphatic carbocycles. The molecule has 3 aromatic rings. The number of nitrogens with one attached hydrogen (secondary N) is 1. The van der Waals surface area contributed by atoms with Gasteiger partial charge in [0, 0.05) is 12.5 Å². The van der Waals surface area contributed by atoms with E-state index in [9.17, 15) is 15.0 Å². The Balaban J connectivity index is 1.82. The monoisotopic (exact) mass is 379 g/mol. The van der Waals surface area contributed by atoms with E-state index >= 15 is 0 Å². The highest BCUT2D eigenvalue weighted by Crippen LogP contribution is 2.30. The van der Waals surface area contributed by atoms with Crippen LogP contribution in [0.2, 0.25) is 0 Å². The minimum atomic E-state index is -0.461. The Kier molecular flexibility index (Phi) is 5.18. The fourth-order valence-corrected chi connectivity index (χ4v) is 3.42. The van der Waals surface area contributed by atoms with Crippen LogP contribution in [0.1, 0.15) is 49.7 Å². The molecule has 0 unspecified atom stereocenters. The minimum Gasteiger partial charge on any atom is -0.508 e. The fourth-order valence-electron chi connectivity index (χ4n) is 3.42. The van der Waals surface area contributed by atoms with Gasteiger partial charge in [0.1, 0.15) is 17.3 Å². The van der Waals surface area contributed by atoms with E-state index in [0.29, 0.717) is 12.2 Å². The Morgan fingerprint density at radius 1 is 0.893 bits per heavy atom. The third-order valence-corrected chi connectivity index (χ3v) is 5.62. The van der Waals surface area contributed by atoms with E-state index in [2.05, 4.69) is 39.9 Å². The second-order valence-corrected chi connectivity index (χ2v) is 7.20. The van der Waals surface area contributed by atoms with Crippen molar-refractivity contribution in [2.45, 2.75) is 41.0 Å². The van der Waals surface area contributed by atoms with E-state index < -0.39 is 5.91 Å². The van der Waals surface area contributed by atoms with E-state index in [4.69, 9.17) is 4.42 Å². The lowest BCUT2D eigenvalue weighted by Crippen LogP contribution is -2.11. The van der Waals surface area contributed by atoms with Gasteiger partial charge in [-0.15, -0.1) is 0 Å². The maximum Gasteiger partial charge on any atom is 0.291 e. The van der Waals surface area contributed by atoms with Crippen LogP contribution in [0, 0.1) is 34.6 Å². The maximum absolute atomic E-state index is 12.4. The number of carbonyl (C=O) groups is 1. The number of aromatic hydroxyl groups is 2. The van der Waals surface area contributed by atoms with Gasteiger partial charge in [-0.05, 0) is 92.3 Å². The van der Waals surface area contributed by atoms with Gasteiger partial charge >= 0.3 is 0 Å². The van der Waals surface area contributed by atoms with Gasteiger partial charge in [0.15, 0.2) is 5.76 Å². The second-order valence-electron chi connectivity index (χ2n) is 7.20. The van der Waals surface area contributed by atoms with Gasteiger partial charge in [0.25, 0.3) is 5.91 Å². The number of furan rings is 1. The normalized spacial score (nSPS) is 10.9. The maximum atomic E-state index is 12.4. The number of hydrogen-bond acceptors (Lipinski definition) is 4. The van der Waals surface area contributed by atoms with Gasteiger partial charge < -0.3 is 19.9 Å². The van der Waals surface area contributed by atoms with Crippen LogP contribution in [0.5, 0.6) is 11.5 Å². The molecular formula is C23H25NO4. The molecule has 0 radical (unpaired) electrons. The van der Waals surface area contributed by atoms with Crippen molar-refractivity contribution in [1.29, 1.82) is 0 Å². The lowest BCUT2D eigenvalue weighted by atomic mass is 9.88. The van der Waals surface area contributed by atoms with Gasteiger partial charge in [-0.25, -0.2) is 0 Å². The lowest BCUT2D eigenvalue weighted by molar-refractivity contribution is 0.0994. The first-order chi connectivity index (χ1) is 13.2. The number of hydrogen-bond donors (Lipinski definition) is 3. The summed E-state index contributed by atoms with van der Waals surface area (Å²) >= 11 is 0. The van der Waals surface area contributed by atoms with Crippen molar-refractivity contribution in [2.75, 3.05) is 5.32 Å². The van der Waals surface area contributed by atoms with Gasteiger partial charge in [0.2, 0.25) is 0 Å². The summed E-state index contributed by atoms with van der Waals surface area (Å²) < 4.78 is 5.76. The Labute approximate surface area is 164 Å². The summed E-state index contributed by atoms with van der Waals surface area (Å²) in [7, 11) is 0. The predicted molar refractivity (Wildman–Crippen MR) is 109 cm³/mol. The number of rotatable bonds is 4. The van der Waals surface area contributed by atoms with Crippen molar-refractivity contribution in [1.82, 2.24) is 0 Å². The van der Waals surface area contributed by atoms with Gasteiger partial charge in [-0.3, -0.25) is 4.79 Å². The molecule has 1 aromatic heterocycles. The van der Waals surface area contributed by atoms with Gasteiger partial charge in [-0.2, -0.15) is 0 Å².